The third kappa shape index (κ3) is 3.32. The first kappa shape index (κ1) is 16.3. The van der Waals surface area contributed by atoms with Gasteiger partial charge in [-0.2, -0.15) is 0 Å². The first-order chi connectivity index (χ1) is 12.0. The van der Waals surface area contributed by atoms with Gasteiger partial charge in [0.05, 0.1) is 20.8 Å². The fraction of sp³-hybridized carbons (Fsp3) is 0.235. The Labute approximate surface area is 149 Å². The monoisotopic (exact) mass is 377 g/mol. The van der Waals surface area contributed by atoms with Gasteiger partial charge in [-0.15, -0.1) is 0 Å². The third-order valence-corrected chi connectivity index (χ3v) is 6.61. The van der Waals surface area contributed by atoms with E-state index in [-0.39, 0.29) is 4.90 Å². The van der Waals surface area contributed by atoms with Crippen molar-refractivity contribution in [1.82, 2.24) is 4.98 Å². The number of anilines is 2. The van der Waals surface area contributed by atoms with E-state index in [4.69, 9.17) is 0 Å². The lowest BCUT2D eigenvalue weighted by molar-refractivity contribution is 0.599. The molecule has 0 saturated carbocycles. The van der Waals surface area contributed by atoms with E-state index in [0.717, 1.165) is 40.6 Å². The normalized spacial score (nSPS) is 15.0. The molecule has 0 aliphatic carbocycles. The van der Waals surface area contributed by atoms with Crippen LogP contribution in [-0.2, 0) is 10.0 Å². The van der Waals surface area contributed by atoms with Gasteiger partial charge in [-0.05, 0) is 55.3 Å². The molecule has 1 N–H and O–H groups in total. The highest BCUT2D eigenvalue weighted by Gasteiger charge is 2.18. The number of sulfonamides is 1. The topological polar surface area (TPSA) is 62.3 Å². The van der Waals surface area contributed by atoms with E-state index >= 15 is 0 Å². The number of nitrogens with one attached hydrogen (secondary N) is 1. The van der Waals surface area contributed by atoms with Crippen molar-refractivity contribution in [2.24, 2.45) is 0 Å². The van der Waals surface area contributed by atoms with Crippen LogP contribution in [0.3, 0.4) is 0 Å². The summed E-state index contributed by atoms with van der Waals surface area (Å²) in [6.07, 6.45) is 2.36. The Morgan fingerprint density at radius 2 is 1.80 bits per heavy atom. The summed E-state index contributed by atoms with van der Waals surface area (Å²) in [6, 6.07) is 10.0. The first-order valence-corrected chi connectivity index (χ1v) is 10.3. The van der Waals surface area contributed by atoms with Gasteiger partial charge in [0.15, 0.2) is 5.13 Å². The molecule has 8 heteroatoms. The van der Waals surface area contributed by atoms with Gasteiger partial charge < -0.3 is 4.90 Å². The predicted octanol–water partition coefficient (Wildman–Crippen LogP) is 3.84. The van der Waals surface area contributed by atoms with Gasteiger partial charge >= 0.3 is 0 Å². The summed E-state index contributed by atoms with van der Waals surface area (Å²) in [7, 11) is -3.75. The molecule has 1 aliphatic heterocycles. The number of hydrogen-bond donors (Lipinski definition) is 1. The van der Waals surface area contributed by atoms with Gasteiger partial charge in [0, 0.05) is 13.1 Å². The zero-order valence-corrected chi connectivity index (χ0v) is 14.9. The molecule has 5 nitrogen and oxygen atoms in total. The Morgan fingerprint density at radius 1 is 1.08 bits per heavy atom. The van der Waals surface area contributed by atoms with E-state index in [1.165, 1.54) is 25.0 Å². The van der Waals surface area contributed by atoms with Crippen LogP contribution in [0.25, 0.3) is 10.2 Å². The zero-order valence-electron chi connectivity index (χ0n) is 13.3. The van der Waals surface area contributed by atoms with Crippen LogP contribution in [0.5, 0.6) is 0 Å². The molecule has 1 aromatic heterocycles. The molecule has 0 atom stereocenters. The van der Waals surface area contributed by atoms with Crippen LogP contribution >= 0.6 is 11.3 Å². The molecular formula is C17H16FN3O2S2. The van der Waals surface area contributed by atoms with Crippen molar-refractivity contribution in [2.45, 2.75) is 17.7 Å². The summed E-state index contributed by atoms with van der Waals surface area (Å²) >= 11 is 1.56. The van der Waals surface area contributed by atoms with E-state index in [1.807, 2.05) is 6.07 Å². The summed E-state index contributed by atoms with van der Waals surface area (Å²) in [6.45, 7) is 2.04. The maximum Gasteiger partial charge on any atom is 0.261 e. The lowest BCUT2D eigenvalue weighted by Crippen LogP contribution is -2.16. The SMILES string of the molecule is O=S(=O)(Nc1ccc2nc(N3CCCC3)sc2c1)c1ccc(F)cc1. The minimum Gasteiger partial charge on any atom is -0.348 e. The van der Waals surface area contributed by atoms with Crippen molar-refractivity contribution in [3.8, 4) is 0 Å². The molecule has 0 radical (unpaired) electrons. The van der Waals surface area contributed by atoms with Crippen LogP contribution in [0.2, 0.25) is 0 Å². The second-order valence-electron chi connectivity index (χ2n) is 5.93. The van der Waals surface area contributed by atoms with Gasteiger partial charge in [-0.25, -0.2) is 17.8 Å². The summed E-state index contributed by atoms with van der Waals surface area (Å²) in [5, 5.41) is 0.978. The molecular weight excluding hydrogens is 361 g/mol. The Bertz CT molecular complexity index is 1010. The molecule has 0 amide bonds. The summed E-state index contributed by atoms with van der Waals surface area (Å²) < 4.78 is 41.3. The average Bonchev–Trinajstić information content (AvgIpc) is 3.23. The van der Waals surface area contributed by atoms with Gasteiger partial charge in [0.2, 0.25) is 0 Å². The van der Waals surface area contributed by atoms with Gasteiger partial charge in [0.25, 0.3) is 10.0 Å². The maximum atomic E-state index is 13.0. The maximum absolute atomic E-state index is 13.0. The summed E-state index contributed by atoms with van der Waals surface area (Å²) in [4.78, 5) is 6.91. The van der Waals surface area contributed by atoms with E-state index < -0.39 is 15.8 Å². The van der Waals surface area contributed by atoms with E-state index in [2.05, 4.69) is 14.6 Å². The lowest BCUT2D eigenvalue weighted by Gasteiger charge is -2.11. The molecule has 0 bridgehead atoms. The number of rotatable bonds is 4. The second-order valence-corrected chi connectivity index (χ2v) is 8.62. The van der Waals surface area contributed by atoms with Gasteiger partial charge in [-0.3, -0.25) is 4.72 Å². The van der Waals surface area contributed by atoms with Gasteiger partial charge in [0.1, 0.15) is 5.82 Å². The average molecular weight is 377 g/mol. The van der Waals surface area contributed by atoms with Crippen LogP contribution in [-0.4, -0.2) is 26.5 Å². The van der Waals surface area contributed by atoms with E-state index in [0.29, 0.717) is 5.69 Å². The molecule has 1 saturated heterocycles. The molecule has 0 unspecified atom stereocenters. The van der Waals surface area contributed by atoms with Gasteiger partial charge in [-0.1, -0.05) is 11.3 Å². The number of hydrogen-bond acceptors (Lipinski definition) is 5. The van der Waals surface area contributed by atoms with Crippen molar-refractivity contribution >= 4 is 42.4 Å². The number of thiazole rings is 1. The minimum atomic E-state index is -3.75. The Balaban J connectivity index is 1.61. The molecule has 25 heavy (non-hydrogen) atoms. The number of halogens is 1. The van der Waals surface area contributed by atoms with Crippen molar-refractivity contribution in [3.05, 3.63) is 48.3 Å². The number of fused-ring (bicyclic) bond motifs is 1. The lowest BCUT2D eigenvalue weighted by atomic mass is 10.3. The van der Waals surface area contributed by atoms with Crippen LogP contribution in [0.15, 0.2) is 47.4 Å². The number of aromatic nitrogens is 1. The first-order valence-electron chi connectivity index (χ1n) is 7.95. The Morgan fingerprint density at radius 3 is 2.52 bits per heavy atom. The molecule has 0 spiro atoms. The second kappa shape index (κ2) is 6.27. The summed E-state index contributed by atoms with van der Waals surface area (Å²) in [5.74, 6) is -0.473. The number of benzene rings is 2. The standard InChI is InChI=1S/C17H16FN3O2S2/c18-12-3-6-14(7-4-12)25(22,23)20-13-5-8-15-16(11-13)24-17(19-15)21-9-1-2-10-21/h3-8,11,20H,1-2,9-10H2. The molecule has 130 valence electrons. The van der Waals surface area contributed by atoms with E-state index in [1.54, 1.807) is 23.5 Å². The predicted molar refractivity (Wildman–Crippen MR) is 98.3 cm³/mol. The van der Waals surface area contributed by atoms with Crippen LogP contribution < -0.4 is 9.62 Å². The molecule has 3 aromatic rings. The fourth-order valence-electron chi connectivity index (χ4n) is 2.85. The van der Waals surface area contributed by atoms with Crippen LogP contribution in [0.4, 0.5) is 15.2 Å². The van der Waals surface area contributed by atoms with Crippen molar-refractivity contribution in [2.75, 3.05) is 22.7 Å². The quantitative estimate of drug-likeness (QED) is 0.750. The highest BCUT2D eigenvalue weighted by molar-refractivity contribution is 7.92. The largest absolute Gasteiger partial charge is 0.348 e. The Kier molecular flexibility index (Phi) is 4.09. The summed E-state index contributed by atoms with van der Waals surface area (Å²) in [5.41, 5.74) is 1.32. The Hall–Kier alpha value is -2.19. The number of nitrogens with zero attached hydrogens (tertiary/aromatic N) is 2. The smallest absolute Gasteiger partial charge is 0.261 e. The molecule has 2 aromatic carbocycles. The van der Waals surface area contributed by atoms with Crippen LogP contribution in [0.1, 0.15) is 12.8 Å². The molecule has 4 rings (SSSR count). The van der Waals surface area contributed by atoms with Crippen LogP contribution in [0, 0.1) is 5.82 Å². The van der Waals surface area contributed by atoms with Crippen molar-refractivity contribution in [1.29, 1.82) is 0 Å². The van der Waals surface area contributed by atoms with Crippen molar-refractivity contribution in [3.63, 3.8) is 0 Å². The molecule has 1 fully saturated rings. The minimum absolute atomic E-state index is 0.0241. The fourth-order valence-corrected chi connectivity index (χ4v) is 4.95. The van der Waals surface area contributed by atoms with E-state index in [9.17, 15) is 12.8 Å². The van der Waals surface area contributed by atoms with Crippen molar-refractivity contribution < 1.29 is 12.8 Å². The zero-order chi connectivity index (χ0) is 17.4. The highest BCUT2D eigenvalue weighted by atomic mass is 32.2. The molecule has 2 heterocycles. The third-order valence-electron chi connectivity index (χ3n) is 4.13. The highest BCUT2D eigenvalue weighted by Crippen LogP contribution is 2.32. The molecule has 1 aliphatic rings.